The Kier molecular flexibility index (Phi) is 4.65. The molecule has 0 unspecified atom stereocenters. The van der Waals surface area contributed by atoms with Crippen LogP contribution in [0, 0.1) is 0 Å². The Hall–Kier alpha value is -3.89. The quantitative estimate of drug-likeness (QED) is 0.621. The minimum Gasteiger partial charge on any atom is -0.491 e. The van der Waals surface area contributed by atoms with Crippen molar-refractivity contribution in [1.29, 1.82) is 0 Å². The summed E-state index contributed by atoms with van der Waals surface area (Å²) in [4.78, 5) is 55.2. The van der Waals surface area contributed by atoms with Crippen LogP contribution in [0.2, 0.25) is 0 Å². The molecule has 1 N–H and O–H groups in total. The number of ether oxygens (including phenoxy) is 1. The zero-order chi connectivity index (χ0) is 21.6. The average Bonchev–Trinajstić information content (AvgIpc) is 3.08. The van der Waals surface area contributed by atoms with Crippen molar-refractivity contribution in [3.63, 3.8) is 0 Å². The van der Waals surface area contributed by atoms with Crippen molar-refractivity contribution in [2.24, 2.45) is 14.1 Å². The van der Waals surface area contributed by atoms with Crippen LogP contribution in [0.5, 0.6) is 5.75 Å². The molecule has 4 rings (SSSR count). The number of carbonyl (C=O) groups excluding carboxylic acids is 2. The van der Waals surface area contributed by atoms with E-state index < -0.39 is 17.2 Å². The van der Waals surface area contributed by atoms with Gasteiger partial charge < -0.3 is 19.5 Å². The molecule has 0 atom stereocenters. The second-order valence-corrected chi connectivity index (χ2v) is 7.08. The number of hydrogen-bond acceptors (Lipinski definition) is 6. The number of rotatable bonds is 3. The molecule has 3 aromatic rings. The first kappa shape index (κ1) is 19.4. The van der Waals surface area contributed by atoms with E-state index in [1.807, 2.05) is 0 Å². The van der Waals surface area contributed by atoms with Gasteiger partial charge in [0.1, 0.15) is 18.9 Å². The Morgan fingerprint density at radius 3 is 2.70 bits per heavy atom. The lowest BCUT2D eigenvalue weighted by molar-refractivity contribution is -0.116. The topological polar surface area (TPSA) is 120 Å². The molecule has 3 heterocycles. The summed E-state index contributed by atoms with van der Waals surface area (Å²) in [6.45, 7) is 0.678. The molecule has 0 bridgehead atoms. The number of likely N-dealkylation sites (N-methyl/N-ethyl adjacent to an activating group) is 1. The fraction of sp³-hybridized carbons (Fsp3) is 0.316. The summed E-state index contributed by atoms with van der Waals surface area (Å²) in [7, 11) is 4.56. The third-order valence-corrected chi connectivity index (χ3v) is 5.06. The Labute approximate surface area is 170 Å². The third-order valence-electron chi connectivity index (χ3n) is 5.06. The van der Waals surface area contributed by atoms with Gasteiger partial charge in [-0.2, -0.15) is 0 Å². The van der Waals surface area contributed by atoms with Crippen molar-refractivity contribution in [1.82, 2.24) is 23.6 Å². The summed E-state index contributed by atoms with van der Waals surface area (Å²) >= 11 is 0. The van der Waals surface area contributed by atoms with Crippen LogP contribution in [0.1, 0.15) is 10.4 Å². The Morgan fingerprint density at radius 1 is 1.17 bits per heavy atom. The number of nitrogens with one attached hydrogen (secondary N) is 1. The van der Waals surface area contributed by atoms with E-state index in [0.717, 1.165) is 4.57 Å². The molecule has 0 saturated heterocycles. The molecular formula is C19H20N6O5. The van der Waals surface area contributed by atoms with Gasteiger partial charge in [0.25, 0.3) is 11.5 Å². The van der Waals surface area contributed by atoms with Gasteiger partial charge in [0.15, 0.2) is 11.2 Å². The predicted molar refractivity (Wildman–Crippen MR) is 108 cm³/mol. The number of aryl methyl sites for hydroxylation is 1. The maximum Gasteiger partial charge on any atom is 0.332 e. The zero-order valence-corrected chi connectivity index (χ0v) is 16.7. The number of carbonyl (C=O) groups is 2. The van der Waals surface area contributed by atoms with Gasteiger partial charge in [0, 0.05) is 26.8 Å². The number of anilines is 1. The number of nitrogens with zero attached hydrogens (tertiary/aromatic N) is 5. The molecule has 1 aliphatic heterocycles. The van der Waals surface area contributed by atoms with Gasteiger partial charge in [0.2, 0.25) is 5.91 Å². The highest BCUT2D eigenvalue weighted by Gasteiger charge is 2.22. The Morgan fingerprint density at radius 2 is 1.93 bits per heavy atom. The molecule has 0 fully saturated rings. The summed E-state index contributed by atoms with van der Waals surface area (Å²) in [6, 6.07) is 4.84. The second kappa shape index (κ2) is 7.17. The molecule has 2 aromatic heterocycles. The lowest BCUT2D eigenvalue weighted by Gasteiger charge is -2.13. The van der Waals surface area contributed by atoms with Crippen LogP contribution in [0.15, 0.2) is 34.1 Å². The molecule has 1 aliphatic rings. The van der Waals surface area contributed by atoms with Crippen LogP contribution < -0.4 is 21.3 Å². The van der Waals surface area contributed by atoms with Crippen LogP contribution in [0.3, 0.4) is 0 Å². The highest BCUT2D eigenvalue weighted by Crippen LogP contribution is 2.26. The molecule has 156 valence electrons. The van der Waals surface area contributed by atoms with Gasteiger partial charge in [-0.3, -0.25) is 23.5 Å². The molecule has 1 aromatic carbocycles. The van der Waals surface area contributed by atoms with Crippen molar-refractivity contribution in [2.45, 2.75) is 6.54 Å². The highest BCUT2D eigenvalue weighted by molar-refractivity contribution is 5.99. The maximum atomic E-state index is 12.6. The first-order valence-corrected chi connectivity index (χ1v) is 9.21. The molecular weight excluding hydrogens is 392 g/mol. The highest BCUT2D eigenvalue weighted by atomic mass is 16.5. The Balaban J connectivity index is 1.61. The summed E-state index contributed by atoms with van der Waals surface area (Å²) in [6.07, 6.45) is 1.34. The van der Waals surface area contributed by atoms with Crippen LogP contribution in [0.25, 0.3) is 11.2 Å². The SMILES string of the molecule is CN1CCOc2ccc(NC(=O)Cn3cnc4c3c(=O)n(C)c(=O)n4C)cc2C1=O. The third kappa shape index (κ3) is 3.13. The molecule has 30 heavy (non-hydrogen) atoms. The number of amides is 2. The van der Waals surface area contributed by atoms with Crippen LogP contribution in [-0.2, 0) is 25.4 Å². The van der Waals surface area contributed by atoms with E-state index >= 15 is 0 Å². The molecule has 0 aliphatic carbocycles. The van der Waals surface area contributed by atoms with Crippen LogP contribution in [0.4, 0.5) is 5.69 Å². The summed E-state index contributed by atoms with van der Waals surface area (Å²) in [5.74, 6) is -0.142. The van der Waals surface area contributed by atoms with Gasteiger partial charge >= 0.3 is 5.69 Å². The minimum atomic E-state index is -0.533. The summed E-state index contributed by atoms with van der Waals surface area (Å²) in [5.41, 5.74) is 0.118. The molecule has 0 radical (unpaired) electrons. The molecule has 2 amide bonds. The zero-order valence-electron chi connectivity index (χ0n) is 16.7. The smallest absolute Gasteiger partial charge is 0.332 e. The van der Waals surface area contributed by atoms with Gasteiger partial charge in [-0.15, -0.1) is 0 Å². The van der Waals surface area contributed by atoms with Gasteiger partial charge in [0.05, 0.1) is 18.4 Å². The largest absolute Gasteiger partial charge is 0.491 e. The molecule has 0 saturated carbocycles. The fourth-order valence-electron chi connectivity index (χ4n) is 3.37. The number of fused-ring (bicyclic) bond motifs is 2. The number of hydrogen-bond donors (Lipinski definition) is 1. The normalized spacial score (nSPS) is 13.7. The summed E-state index contributed by atoms with van der Waals surface area (Å²) < 4.78 is 9.18. The van der Waals surface area contributed by atoms with Crippen LogP contribution >= 0.6 is 0 Å². The fourth-order valence-corrected chi connectivity index (χ4v) is 3.37. The van der Waals surface area contributed by atoms with E-state index in [4.69, 9.17) is 4.74 Å². The van der Waals surface area contributed by atoms with E-state index in [-0.39, 0.29) is 23.6 Å². The van der Waals surface area contributed by atoms with Gasteiger partial charge in [-0.25, -0.2) is 9.78 Å². The monoisotopic (exact) mass is 412 g/mol. The number of imidazole rings is 1. The van der Waals surface area contributed by atoms with Crippen molar-refractivity contribution in [3.8, 4) is 5.75 Å². The van der Waals surface area contributed by atoms with Crippen molar-refractivity contribution in [2.75, 3.05) is 25.5 Å². The first-order valence-electron chi connectivity index (χ1n) is 9.21. The van der Waals surface area contributed by atoms with E-state index in [1.165, 1.54) is 29.6 Å². The molecule has 0 spiro atoms. The van der Waals surface area contributed by atoms with Crippen molar-refractivity contribution in [3.05, 3.63) is 50.9 Å². The van der Waals surface area contributed by atoms with Crippen LogP contribution in [-0.4, -0.2) is 55.6 Å². The predicted octanol–water partition coefficient (Wildman–Crippen LogP) is -0.463. The number of benzene rings is 1. The van der Waals surface area contributed by atoms with E-state index in [0.29, 0.717) is 30.2 Å². The van der Waals surface area contributed by atoms with Gasteiger partial charge in [-0.1, -0.05) is 0 Å². The molecule has 11 heteroatoms. The maximum absolute atomic E-state index is 12.6. The average molecular weight is 412 g/mol. The number of aromatic nitrogens is 4. The van der Waals surface area contributed by atoms with Gasteiger partial charge in [-0.05, 0) is 18.2 Å². The van der Waals surface area contributed by atoms with E-state index in [2.05, 4.69) is 10.3 Å². The van der Waals surface area contributed by atoms with E-state index in [9.17, 15) is 19.2 Å². The first-order chi connectivity index (χ1) is 14.3. The summed E-state index contributed by atoms with van der Waals surface area (Å²) in [5, 5.41) is 2.72. The second-order valence-electron chi connectivity index (χ2n) is 7.08. The van der Waals surface area contributed by atoms with Crippen molar-refractivity contribution >= 4 is 28.7 Å². The Bertz CT molecular complexity index is 1300. The minimum absolute atomic E-state index is 0.155. The lowest BCUT2D eigenvalue weighted by Crippen LogP contribution is -2.37. The molecule has 11 nitrogen and oxygen atoms in total. The van der Waals surface area contributed by atoms with Crippen molar-refractivity contribution < 1.29 is 14.3 Å². The van der Waals surface area contributed by atoms with E-state index in [1.54, 1.807) is 30.1 Å². The standard InChI is InChI=1S/C19H20N6O5/c1-22-6-7-30-13-5-4-11(8-12(13)17(22)27)21-14(26)9-25-10-20-16-15(25)18(28)24(3)19(29)23(16)2/h4-5,8,10H,6-7,9H2,1-3H3,(H,21,26). The lowest BCUT2D eigenvalue weighted by atomic mass is 10.1.